The van der Waals surface area contributed by atoms with Crippen molar-refractivity contribution in [3.63, 3.8) is 0 Å². The number of rotatable bonds is 6. The molecule has 0 aliphatic carbocycles. The van der Waals surface area contributed by atoms with Crippen molar-refractivity contribution in [1.29, 1.82) is 0 Å². The molecule has 0 spiro atoms. The zero-order valence-corrected chi connectivity index (χ0v) is 17.7. The Kier molecular flexibility index (Phi) is 7.90. The lowest BCUT2D eigenvalue weighted by atomic mass is 9.82. The molecule has 0 aromatic heterocycles. The van der Waals surface area contributed by atoms with E-state index in [1.807, 2.05) is 0 Å². The van der Waals surface area contributed by atoms with Crippen molar-refractivity contribution < 1.29 is 30.2 Å². The van der Waals surface area contributed by atoms with Gasteiger partial charge < -0.3 is 5.32 Å². The van der Waals surface area contributed by atoms with E-state index in [4.69, 9.17) is 4.18 Å². The Morgan fingerprint density at radius 2 is 1.77 bits per heavy atom. The largest absolute Gasteiger partial charge is 0.416 e. The highest BCUT2D eigenvalue weighted by atomic mass is 35.5. The van der Waals surface area contributed by atoms with Gasteiger partial charge in [-0.15, -0.1) is 12.4 Å². The second-order valence-electron chi connectivity index (χ2n) is 7.12. The molecule has 0 bridgehead atoms. The smallest absolute Gasteiger partial charge is 0.311 e. The summed E-state index contributed by atoms with van der Waals surface area (Å²) in [7, 11) is -3.90. The zero-order chi connectivity index (χ0) is 21.2. The van der Waals surface area contributed by atoms with E-state index in [0.29, 0.717) is 18.5 Å². The molecule has 1 heterocycles. The summed E-state index contributed by atoms with van der Waals surface area (Å²) in [6.45, 7) is 0.646. The first kappa shape index (κ1) is 24.6. The summed E-state index contributed by atoms with van der Waals surface area (Å²) in [5.74, 6) is -1.35. The molecular formula is C20H22ClF4NO3S. The van der Waals surface area contributed by atoms with Crippen molar-refractivity contribution in [3.8, 4) is 0 Å². The lowest BCUT2D eigenvalue weighted by Gasteiger charge is -2.32. The van der Waals surface area contributed by atoms with E-state index in [1.54, 1.807) is 0 Å². The van der Waals surface area contributed by atoms with Crippen molar-refractivity contribution >= 4 is 22.5 Å². The SMILES string of the molecule is CS(=O)(=O)OC(C(c1ccc(F)cc1)c1cccc(C(F)(F)F)c1)[C@H]1CCCN1.Cl. The lowest BCUT2D eigenvalue weighted by Crippen LogP contribution is -2.42. The maximum Gasteiger partial charge on any atom is 0.416 e. The van der Waals surface area contributed by atoms with Crippen molar-refractivity contribution in [2.24, 2.45) is 0 Å². The molecule has 30 heavy (non-hydrogen) atoms. The first-order valence-electron chi connectivity index (χ1n) is 9.09. The van der Waals surface area contributed by atoms with Crippen molar-refractivity contribution in [3.05, 3.63) is 71.0 Å². The summed E-state index contributed by atoms with van der Waals surface area (Å²) in [5, 5.41) is 3.17. The Balaban J connectivity index is 0.00000320. The maximum absolute atomic E-state index is 13.5. The van der Waals surface area contributed by atoms with Crippen LogP contribution in [0.25, 0.3) is 0 Å². The van der Waals surface area contributed by atoms with Crippen LogP contribution in [0.15, 0.2) is 48.5 Å². The molecule has 3 rings (SSSR count). The molecule has 1 N–H and O–H groups in total. The molecule has 2 aromatic rings. The standard InChI is InChI=1S/C20H21F4NO3S.ClH/c1-29(26,27)28-19(17-6-3-11-25-17)18(13-7-9-16(21)10-8-13)14-4-2-5-15(12-14)20(22,23)24;/h2,4-5,7-10,12,17-19,25H,3,6,11H2,1H3;1H/t17-,18?,19?;/m1./s1. The topological polar surface area (TPSA) is 55.4 Å². The van der Waals surface area contributed by atoms with Crippen LogP contribution in [0, 0.1) is 5.82 Å². The van der Waals surface area contributed by atoms with Crippen LogP contribution in [-0.2, 0) is 20.5 Å². The van der Waals surface area contributed by atoms with Gasteiger partial charge in [0.25, 0.3) is 10.1 Å². The van der Waals surface area contributed by atoms with E-state index in [-0.39, 0.29) is 24.0 Å². The van der Waals surface area contributed by atoms with E-state index in [0.717, 1.165) is 24.8 Å². The van der Waals surface area contributed by atoms with Crippen LogP contribution in [0.2, 0.25) is 0 Å². The predicted molar refractivity (Wildman–Crippen MR) is 108 cm³/mol. The fraction of sp³-hybridized carbons (Fsp3) is 0.400. The molecule has 1 aliphatic rings. The van der Waals surface area contributed by atoms with Crippen LogP contribution in [0.1, 0.15) is 35.4 Å². The Morgan fingerprint density at radius 3 is 2.30 bits per heavy atom. The van der Waals surface area contributed by atoms with Gasteiger partial charge in [-0.25, -0.2) is 4.39 Å². The molecular weight excluding hydrogens is 446 g/mol. The van der Waals surface area contributed by atoms with Crippen molar-refractivity contribution in [2.45, 2.75) is 37.1 Å². The van der Waals surface area contributed by atoms with Crippen LogP contribution >= 0.6 is 12.4 Å². The molecule has 0 saturated carbocycles. The van der Waals surface area contributed by atoms with Crippen LogP contribution in [0.4, 0.5) is 17.6 Å². The van der Waals surface area contributed by atoms with Gasteiger partial charge in [0.15, 0.2) is 0 Å². The third kappa shape index (κ3) is 6.16. The molecule has 3 atom stereocenters. The number of nitrogens with one attached hydrogen (secondary N) is 1. The lowest BCUT2D eigenvalue weighted by molar-refractivity contribution is -0.137. The number of alkyl halides is 3. The van der Waals surface area contributed by atoms with Crippen LogP contribution < -0.4 is 5.32 Å². The molecule has 0 amide bonds. The zero-order valence-electron chi connectivity index (χ0n) is 16.0. The molecule has 166 valence electrons. The monoisotopic (exact) mass is 467 g/mol. The van der Waals surface area contributed by atoms with Gasteiger partial charge in [0, 0.05) is 12.0 Å². The Labute approximate surface area is 179 Å². The van der Waals surface area contributed by atoms with Gasteiger partial charge in [-0.3, -0.25) is 4.18 Å². The first-order valence-corrected chi connectivity index (χ1v) is 10.9. The van der Waals surface area contributed by atoms with E-state index >= 15 is 0 Å². The Bertz CT molecular complexity index is 945. The quantitative estimate of drug-likeness (QED) is 0.502. The molecule has 2 unspecified atom stereocenters. The van der Waals surface area contributed by atoms with Crippen molar-refractivity contribution in [1.82, 2.24) is 5.32 Å². The Morgan fingerprint density at radius 1 is 1.10 bits per heavy atom. The third-order valence-electron chi connectivity index (χ3n) is 4.91. The maximum atomic E-state index is 13.5. The Hall–Kier alpha value is -1.68. The molecule has 1 saturated heterocycles. The number of benzene rings is 2. The summed E-state index contributed by atoms with van der Waals surface area (Å²) in [5.41, 5.74) is -0.138. The van der Waals surface area contributed by atoms with E-state index < -0.39 is 39.7 Å². The summed E-state index contributed by atoms with van der Waals surface area (Å²) in [6.07, 6.45) is -3.24. The fourth-order valence-corrected chi connectivity index (χ4v) is 4.35. The molecule has 0 radical (unpaired) electrons. The van der Waals surface area contributed by atoms with Crippen LogP contribution in [0.3, 0.4) is 0 Å². The molecule has 1 aliphatic heterocycles. The summed E-state index contributed by atoms with van der Waals surface area (Å²) < 4.78 is 82.6. The minimum atomic E-state index is -4.55. The summed E-state index contributed by atoms with van der Waals surface area (Å²) in [6, 6.07) is 9.58. The fourth-order valence-electron chi connectivity index (χ4n) is 3.70. The van der Waals surface area contributed by atoms with E-state index in [1.165, 1.54) is 36.4 Å². The average Bonchev–Trinajstić information content (AvgIpc) is 3.16. The summed E-state index contributed by atoms with van der Waals surface area (Å²) in [4.78, 5) is 0. The second-order valence-corrected chi connectivity index (χ2v) is 8.72. The van der Waals surface area contributed by atoms with E-state index in [2.05, 4.69) is 5.32 Å². The highest BCUT2D eigenvalue weighted by molar-refractivity contribution is 7.86. The van der Waals surface area contributed by atoms with Gasteiger partial charge in [-0.1, -0.05) is 30.3 Å². The van der Waals surface area contributed by atoms with Gasteiger partial charge in [-0.05, 0) is 48.7 Å². The van der Waals surface area contributed by atoms with Gasteiger partial charge in [-0.2, -0.15) is 21.6 Å². The number of halogens is 5. The van der Waals surface area contributed by atoms with E-state index in [9.17, 15) is 26.0 Å². The summed E-state index contributed by atoms with van der Waals surface area (Å²) >= 11 is 0. The molecule has 10 heteroatoms. The third-order valence-corrected chi connectivity index (χ3v) is 5.48. The molecule has 4 nitrogen and oxygen atoms in total. The first-order chi connectivity index (χ1) is 13.5. The van der Waals surface area contributed by atoms with Crippen LogP contribution in [-0.4, -0.2) is 33.4 Å². The molecule has 1 fully saturated rings. The average molecular weight is 468 g/mol. The number of hydrogen-bond donors (Lipinski definition) is 1. The number of hydrogen-bond acceptors (Lipinski definition) is 4. The predicted octanol–water partition coefficient (Wildman–Crippen LogP) is 4.50. The van der Waals surface area contributed by atoms with Gasteiger partial charge >= 0.3 is 6.18 Å². The van der Waals surface area contributed by atoms with Crippen LogP contribution in [0.5, 0.6) is 0 Å². The van der Waals surface area contributed by atoms with Gasteiger partial charge in [0.1, 0.15) is 11.9 Å². The minimum Gasteiger partial charge on any atom is -0.311 e. The normalized spacial score (nSPS) is 19.2. The highest BCUT2D eigenvalue weighted by Crippen LogP contribution is 2.37. The second kappa shape index (κ2) is 9.64. The van der Waals surface area contributed by atoms with Gasteiger partial charge in [0.2, 0.25) is 0 Å². The highest BCUT2D eigenvalue weighted by Gasteiger charge is 2.38. The van der Waals surface area contributed by atoms with Gasteiger partial charge in [0.05, 0.1) is 11.8 Å². The molecule has 2 aromatic carbocycles. The minimum absolute atomic E-state index is 0. The van der Waals surface area contributed by atoms with Crippen molar-refractivity contribution in [2.75, 3.05) is 12.8 Å².